The zero-order valence-electron chi connectivity index (χ0n) is 19.1. The van der Waals surface area contributed by atoms with Crippen LogP contribution >= 0.6 is 23.7 Å². The number of aryl methyl sites for hydroxylation is 3. The minimum Gasteiger partial charge on any atom is -0.497 e. The molecule has 33 heavy (non-hydrogen) atoms. The van der Waals surface area contributed by atoms with E-state index in [0.29, 0.717) is 28.7 Å². The number of carbonyl (C=O) groups is 1. The summed E-state index contributed by atoms with van der Waals surface area (Å²) in [6.45, 7) is 5.40. The number of halogens is 1. The van der Waals surface area contributed by atoms with E-state index in [2.05, 4.69) is 24.0 Å². The molecule has 0 fully saturated rings. The molecule has 0 unspecified atom stereocenters. The van der Waals surface area contributed by atoms with Crippen molar-refractivity contribution in [2.45, 2.75) is 26.8 Å². The highest BCUT2D eigenvalue weighted by atomic mass is 35.5. The summed E-state index contributed by atoms with van der Waals surface area (Å²) in [5.74, 6) is 1.01. The lowest BCUT2D eigenvalue weighted by atomic mass is 10.1. The minimum atomic E-state index is -0.137. The molecule has 1 amide bonds. The van der Waals surface area contributed by atoms with Gasteiger partial charge in [0.25, 0.3) is 5.91 Å². The van der Waals surface area contributed by atoms with Crippen LogP contribution in [0.15, 0.2) is 49.1 Å². The molecule has 4 rings (SSSR count). The van der Waals surface area contributed by atoms with Crippen molar-refractivity contribution < 1.29 is 14.3 Å². The lowest BCUT2D eigenvalue weighted by Gasteiger charge is -2.21. The van der Waals surface area contributed by atoms with E-state index in [0.717, 1.165) is 34.3 Å². The van der Waals surface area contributed by atoms with Crippen LogP contribution in [-0.2, 0) is 6.54 Å². The Bertz CT molecular complexity index is 1180. The van der Waals surface area contributed by atoms with Crippen molar-refractivity contribution in [3.63, 3.8) is 0 Å². The number of aromatic nitrogens is 3. The van der Waals surface area contributed by atoms with Gasteiger partial charge in [-0.1, -0.05) is 23.5 Å². The van der Waals surface area contributed by atoms with Gasteiger partial charge in [0.05, 0.1) is 30.8 Å². The normalized spacial score (nSPS) is 10.7. The summed E-state index contributed by atoms with van der Waals surface area (Å²) in [7, 11) is 3.15. The molecule has 174 valence electrons. The molecule has 0 bridgehead atoms. The Morgan fingerprint density at radius 3 is 2.39 bits per heavy atom. The number of methoxy groups -OCH3 is 2. The van der Waals surface area contributed by atoms with Crippen molar-refractivity contribution in [3.05, 3.63) is 65.7 Å². The second-order valence-electron chi connectivity index (χ2n) is 7.59. The van der Waals surface area contributed by atoms with Crippen LogP contribution in [0.2, 0.25) is 0 Å². The standard InChI is InChI=1S/C24H26N4O3S.ClH/c1-16-6-7-17(2)22-21(16)26-24(32-22)28(10-5-9-27-11-8-25-15-27)23(29)18-12-19(30-3)14-20(13-18)31-4;/h6-8,11-15H,5,9-10H2,1-4H3;1H. The third kappa shape index (κ3) is 5.29. The van der Waals surface area contributed by atoms with Gasteiger partial charge in [0.1, 0.15) is 11.5 Å². The number of nitrogens with zero attached hydrogens (tertiary/aromatic N) is 4. The Balaban J connectivity index is 0.00000306. The molecule has 0 spiro atoms. The summed E-state index contributed by atoms with van der Waals surface area (Å²) in [6.07, 6.45) is 6.22. The van der Waals surface area contributed by atoms with E-state index in [-0.39, 0.29) is 18.3 Å². The smallest absolute Gasteiger partial charge is 0.260 e. The molecule has 2 heterocycles. The van der Waals surface area contributed by atoms with Crippen LogP contribution in [0.1, 0.15) is 27.9 Å². The molecule has 4 aromatic rings. The van der Waals surface area contributed by atoms with Crippen molar-refractivity contribution >= 4 is 45.0 Å². The number of carbonyl (C=O) groups excluding carboxylic acids is 1. The summed E-state index contributed by atoms with van der Waals surface area (Å²) in [4.78, 5) is 24.4. The third-order valence-electron chi connectivity index (χ3n) is 5.36. The molecule has 0 aliphatic heterocycles. The van der Waals surface area contributed by atoms with Crippen LogP contribution in [0.4, 0.5) is 5.13 Å². The van der Waals surface area contributed by atoms with Gasteiger partial charge in [-0.3, -0.25) is 9.69 Å². The topological polar surface area (TPSA) is 69.5 Å². The average molecular weight is 487 g/mol. The van der Waals surface area contributed by atoms with Gasteiger partial charge in [0.2, 0.25) is 0 Å². The van der Waals surface area contributed by atoms with Gasteiger partial charge in [-0.15, -0.1) is 12.4 Å². The summed E-state index contributed by atoms with van der Waals surface area (Å²) in [6, 6.07) is 9.39. The quantitative estimate of drug-likeness (QED) is 0.338. The van der Waals surface area contributed by atoms with Crippen LogP contribution in [0.3, 0.4) is 0 Å². The Morgan fingerprint density at radius 2 is 1.79 bits per heavy atom. The van der Waals surface area contributed by atoms with Gasteiger partial charge in [-0.25, -0.2) is 9.97 Å². The maximum absolute atomic E-state index is 13.7. The predicted octanol–water partition coefficient (Wildman–Crippen LogP) is 5.29. The maximum atomic E-state index is 13.7. The van der Waals surface area contributed by atoms with E-state index in [1.807, 2.05) is 17.7 Å². The van der Waals surface area contributed by atoms with Crippen LogP contribution in [0.5, 0.6) is 11.5 Å². The van der Waals surface area contributed by atoms with Crippen LogP contribution in [-0.4, -0.2) is 41.2 Å². The first-order valence-electron chi connectivity index (χ1n) is 10.4. The number of rotatable bonds is 8. The van der Waals surface area contributed by atoms with Crippen molar-refractivity contribution in [2.24, 2.45) is 0 Å². The first-order valence-corrected chi connectivity index (χ1v) is 11.2. The fourth-order valence-corrected chi connectivity index (χ4v) is 4.70. The van der Waals surface area contributed by atoms with Gasteiger partial charge in [-0.2, -0.15) is 0 Å². The Morgan fingerprint density at radius 1 is 1.09 bits per heavy atom. The molecule has 0 saturated heterocycles. The first kappa shape index (κ1) is 24.5. The zero-order chi connectivity index (χ0) is 22.7. The van der Waals surface area contributed by atoms with Crippen LogP contribution in [0, 0.1) is 13.8 Å². The highest BCUT2D eigenvalue weighted by molar-refractivity contribution is 7.22. The SMILES string of the molecule is COc1cc(OC)cc(C(=O)N(CCCn2ccnc2)c2nc3c(C)ccc(C)c3s2)c1.Cl. The van der Waals surface area contributed by atoms with E-state index >= 15 is 0 Å². The monoisotopic (exact) mass is 486 g/mol. The van der Waals surface area contributed by atoms with Gasteiger partial charge in [0, 0.05) is 37.1 Å². The summed E-state index contributed by atoms with van der Waals surface area (Å²) in [5, 5.41) is 0.690. The van der Waals surface area contributed by atoms with E-state index in [4.69, 9.17) is 14.5 Å². The third-order valence-corrected chi connectivity index (χ3v) is 6.58. The number of thiazole rings is 1. The van der Waals surface area contributed by atoms with E-state index in [1.54, 1.807) is 61.2 Å². The molecule has 2 aromatic carbocycles. The summed E-state index contributed by atoms with van der Waals surface area (Å²) in [5.41, 5.74) is 3.70. The molecule has 7 nitrogen and oxygen atoms in total. The molecule has 2 aromatic heterocycles. The van der Waals surface area contributed by atoms with Crippen molar-refractivity contribution in [1.29, 1.82) is 0 Å². The number of amides is 1. The number of hydrogen-bond donors (Lipinski definition) is 0. The second kappa shape index (κ2) is 10.7. The molecular weight excluding hydrogens is 460 g/mol. The molecule has 0 saturated carbocycles. The number of benzene rings is 2. The summed E-state index contributed by atoms with van der Waals surface area (Å²) >= 11 is 1.55. The number of anilines is 1. The van der Waals surface area contributed by atoms with Crippen molar-refractivity contribution in [2.75, 3.05) is 25.7 Å². The number of hydrogen-bond acceptors (Lipinski definition) is 6. The predicted molar refractivity (Wildman–Crippen MR) is 134 cm³/mol. The molecule has 0 N–H and O–H groups in total. The van der Waals surface area contributed by atoms with Gasteiger partial charge in [-0.05, 0) is 43.5 Å². The fourth-order valence-electron chi connectivity index (χ4n) is 3.56. The number of imidazole rings is 1. The minimum absolute atomic E-state index is 0. The Hall–Kier alpha value is -3.10. The lowest BCUT2D eigenvalue weighted by molar-refractivity contribution is 0.0985. The zero-order valence-corrected chi connectivity index (χ0v) is 20.7. The number of fused-ring (bicyclic) bond motifs is 1. The van der Waals surface area contributed by atoms with E-state index < -0.39 is 0 Å². The molecule has 0 aliphatic carbocycles. The summed E-state index contributed by atoms with van der Waals surface area (Å²) < 4.78 is 13.8. The molecule has 0 aliphatic rings. The molecule has 0 atom stereocenters. The van der Waals surface area contributed by atoms with Crippen molar-refractivity contribution in [3.8, 4) is 11.5 Å². The fraction of sp³-hybridized carbons (Fsp3) is 0.292. The average Bonchev–Trinajstić information content (AvgIpc) is 3.49. The molecule has 0 radical (unpaired) electrons. The van der Waals surface area contributed by atoms with Crippen molar-refractivity contribution in [1.82, 2.24) is 14.5 Å². The largest absolute Gasteiger partial charge is 0.497 e. The van der Waals surface area contributed by atoms with Gasteiger partial charge < -0.3 is 14.0 Å². The first-order chi connectivity index (χ1) is 15.5. The second-order valence-corrected chi connectivity index (χ2v) is 8.56. The number of ether oxygens (including phenoxy) is 2. The molecule has 9 heteroatoms. The van der Waals surface area contributed by atoms with Crippen LogP contribution < -0.4 is 14.4 Å². The lowest BCUT2D eigenvalue weighted by Crippen LogP contribution is -2.32. The Kier molecular flexibility index (Phi) is 7.94. The van der Waals surface area contributed by atoms with Gasteiger partial charge >= 0.3 is 0 Å². The van der Waals surface area contributed by atoms with E-state index in [1.165, 1.54) is 0 Å². The maximum Gasteiger partial charge on any atom is 0.260 e. The van der Waals surface area contributed by atoms with Gasteiger partial charge in [0.15, 0.2) is 5.13 Å². The molecular formula is C24H27ClN4O3S. The van der Waals surface area contributed by atoms with E-state index in [9.17, 15) is 4.79 Å². The highest BCUT2D eigenvalue weighted by Gasteiger charge is 2.23. The van der Waals surface area contributed by atoms with Crippen LogP contribution in [0.25, 0.3) is 10.2 Å². The highest BCUT2D eigenvalue weighted by Crippen LogP contribution is 2.34. The Labute approximate surface area is 203 Å².